The molecule has 0 bridgehead atoms. The lowest BCUT2D eigenvalue weighted by Crippen LogP contribution is -2.23. The van der Waals surface area contributed by atoms with Gasteiger partial charge in [0.15, 0.2) is 5.17 Å². The first-order chi connectivity index (χ1) is 14.0. The van der Waals surface area contributed by atoms with Crippen LogP contribution in [-0.4, -0.2) is 34.1 Å². The first-order valence-electron chi connectivity index (χ1n) is 8.75. The van der Waals surface area contributed by atoms with E-state index in [2.05, 4.69) is 4.99 Å². The third-order valence-corrected chi connectivity index (χ3v) is 6.28. The van der Waals surface area contributed by atoms with Crippen molar-refractivity contribution in [3.05, 3.63) is 81.4 Å². The Bertz CT molecular complexity index is 1130. The topological polar surface area (TPSA) is 70.0 Å². The van der Waals surface area contributed by atoms with Crippen molar-refractivity contribution in [3.8, 4) is 11.1 Å². The molecule has 0 radical (unpaired) electrons. The maximum Gasteiger partial charge on any atom is 0.335 e. The number of carbonyl (C=O) groups is 2. The highest BCUT2D eigenvalue weighted by Crippen LogP contribution is 2.35. The van der Waals surface area contributed by atoms with Crippen molar-refractivity contribution in [1.29, 1.82) is 0 Å². The number of para-hydroxylation sites is 1. The van der Waals surface area contributed by atoms with E-state index in [-0.39, 0.29) is 11.5 Å². The molecule has 29 heavy (non-hydrogen) atoms. The van der Waals surface area contributed by atoms with Crippen molar-refractivity contribution in [3.63, 3.8) is 0 Å². The molecule has 1 fully saturated rings. The molecule has 3 aromatic rings. The highest BCUT2D eigenvalue weighted by atomic mass is 32.2. The molecule has 144 valence electrons. The van der Waals surface area contributed by atoms with Crippen molar-refractivity contribution < 1.29 is 14.7 Å². The first-order valence-corrected chi connectivity index (χ1v) is 10.4. The van der Waals surface area contributed by atoms with Crippen LogP contribution in [0.2, 0.25) is 0 Å². The zero-order valence-electron chi connectivity index (χ0n) is 15.4. The Morgan fingerprint density at radius 3 is 2.48 bits per heavy atom. The molecule has 0 aliphatic carbocycles. The van der Waals surface area contributed by atoms with Crippen LogP contribution in [0.25, 0.3) is 17.2 Å². The SMILES string of the molecule is CN1C(=O)/C(=C/c2cc(-c3ccc(C(=O)O)cc3)cs2)SC1=Nc1ccccc1. The summed E-state index contributed by atoms with van der Waals surface area (Å²) in [5.41, 5.74) is 2.98. The van der Waals surface area contributed by atoms with Crippen LogP contribution in [0, 0.1) is 0 Å². The molecule has 1 saturated heterocycles. The van der Waals surface area contributed by atoms with Gasteiger partial charge in [0, 0.05) is 11.9 Å². The fourth-order valence-electron chi connectivity index (χ4n) is 2.78. The molecule has 4 rings (SSSR count). The van der Waals surface area contributed by atoms with Gasteiger partial charge in [0.2, 0.25) is 0 Å². The van der Waals surface area contributed by atoms with E-state index in [9.17, 15) is 9.59 Å². The van der Waals surface area contributed by atoms with Crippen LogP contribution in [0.5, 0.6) is 0 Å². The largest absolute Gasteiger partial charge is 0.478 e. The number of carboxylic acid groups (broad SMARTS) is 1. The van der Waals surface area contributed by atoms with Crippen LogP contribution in [-0.2, 0) is 4.79 Å². The molecular formula is C22H16N2O3S2. The van der Waals surface area contributed by atoms with Crippen LogP contribution in [0.1, 0.15) is 15.2 Å². The second-order valence-electron chi connectivity index (χ2n) is 6.33. The standard InChI is InChI=1S/C22H16N2O3S2/c1-24-20(25)19(29-22(24)23-17-5-3-2-4-6-17)12-18-11-16(13-28-18)14-7-9-15(10-8-14)21(26)27/h2-13H,1H3,(H,26,27)/b19-12-,23-22?. The van der Waals surface area contributed by atoms with Crippen molar-refractivity contribution in [1.82, 2.24) is 4.90 Å². The molecule has 1 N–H and O–H groups in total. The van der Waals surface area contributed by atoms with Gasteiger partial charge in [-0.3, -0.25) is 9.69 Å². The zero-order chi connectivity index (χ0) is 20.4. The van der Waals surface area contributed by atoms with Gasteiger partial charge in [-0.2, -0.15) is 0 Å². The number of carbonyl (C=O) groups excluding carboxylic acids is 1. The van der Waals surface area contributed by atoms with E-state index in [0.717, 1.165) is 21.7 Å². The minimum absolute atomic E-state index is 0.0783. The highest BCUT2D eigenvalue weighted by molar-refractivity contribution is 8.18. The van der Waals surface area contributed by atoms with Gasteiger partial charge in [0.1, 0.15) is 0 Å². The van der Waals surface area contributed by atoms with Crippen molar-refractivity contribution in [2.75, 3.05) is 7.05 Å². The summed E-state index contributed by atoms with van der Waals surface area (Å²) >= 11 is 2.89. The molecule has 0 unspecified atom stereocenters. The Labute approximate surface area is 176 Å². The molecule has 2 heterocycles. The molecule has 2 aromatic carbocycles. The summed E-state index contributed by atoms with van der Waals surface area (Å²) in [6, 6.07) is 18.3. The smallest absolute Gasteiger partial charge is 0.335 e. The number of nitrogens with zero attached hydrogens (tertiary/aromatic N) is 2. The van der Waals surface area contributed by atoms with Gasteiger partial charge in [0.05, 0.1) is 16.2 Å². The Hall–Kier alpha value is -3.16. The quantitative estimate of drug-likeness (QED) is 0.578. The maximum atomic E-state index is 12.6. The third kappa shape index (κ3) is 4.16. The highest BCUT2D eigenvalue weighted by Gasteiger charge is 2.30. The average Bonchev–Trinajstić information content (AvgIpc) is 3.30. The number of rotatable bonds is 4. The van der Waals surface area contributed by atoms with Gasteiger partial charge in [0.25, 0.3) is 5.91 Å². The third-order valence-electron chi connectivity index (χ3n) is 4.34. The van der Waals surface area contributed by atoms with E-state index in [4.69, 9.17) is 5.11 Å². The Morgan fingerprint density at radius 2 is 1.79 bits per heavy atom. The van der Waals surface area contributed by atoms with Crippen LogP contribution in [0.15, 0.2) is 75.9 Å². The number of aromatic carboxylic acids is 1. The Kier molecular flexibility index (Phi) is 5.33. The fraction of sp³-hybridized carbons (Fsp3) is 0.0455. The van der Waals surface area contributed by atoms with Gasteiger partial charge in [-0.05, 0) is 64.7 Å². The molecule has 0 atom stereocenters. The minimum atomic E-state index is -0.943. The summed E-state index contributed by atoms with van der Waals surface area (Å²) in [7, 11) is 1.72. The second kappa shape index (κ2) is 8.06. The normalized spacial score (nSPS) is 16.7. The number of benzene rings is 2. The average molecular weight is 421 g/mol. The molecular weight excluding hydrogens is 404 g/mol. The lowest BCUT2D eigenvalue weighted by molar-refractivity contribution is -0.121. The zero-order valence-corrected chi connectivity index (χ0v) is 17.0. The van der Waals surface area contributed by atoms with Gasteiger partial charge in [-0.15, -0.1) is 11.3 Å². The van der Waals surface area contributed by atoms with Gasteiger partial charge in [-0.1, -0.05) is 30.3 Å². The van der Waals surface area contributed by atoms with E-state index in [1.807, 2.05) is 47.9 Å². The van der Waals surface area contributed by atoms with E-state index in [1.54, 1.807) is 36.2 Å². The van der Waals surface area contributed by atoms with E-state index in [1.165, 1.54) is 23.1 Å². The molecule has 5 nitrogen and oxygen atoms in total. The summed E-state index contributed by atoms with van der Waals surface area (Å²) in [6.07, 6.45) is 1.87. The molecule has 7 heteroatoms. The predicted octanol–water partition coefficient (Wildman–Crippen LogP) is 5.35. The molecule has 1 aliphatic heterocycles. The number of amides is 1. The number of amidine groups is 1. The van der Waals surface area contributed by atoms with E-state index < -0.39 is 5.97 Å². The summed E-state index contributed by atoms with van der Waals surface area (Å²) in [6.45, 7) is 0. The minimum Gasteiger partial charge on any atom is -0.478 e. The maximum absolute atomic E-state index is 12.6. The number of carboxylic acids is 1. The van der Waals surface area contributed by atoms with Gasteiger partial charge < -0.3 is 5.11 Å². The monoisotopic (exact) mass is 420 g/mol. The molecule has 1 aromatic heterocycles. The molecule has 0 spiro atoms. The number of thiophene rings is 1. The van der Waals surface area contributed by atoms with Crippen LogP contribution in [0.4, 0.5) is 5.69 Å². The van der Waals surface area contributed by atoms with Crippen LogP contribution >= 0.6 is 23.1 Å². The number of hydrogen-bond donors (Lipinski definition) is 1. The predicted molar refractivity (Wildman–Crippen MR) is 119 cm³/mol. The summed E-state index contributed by atoms with van der Waals surface area (Å²) in [4.78, 5) is 31.3. The molecule has 0 saturated carbocycles. The summed E-state index contributed by atoms with van der Waals surface area (Å²) in [5.74, 6) is -1.02. The second-order valence-corrected chi connectivity index (χ2v) is 8.28. The van der Waals surface area contributed by atoms with Crippen LogP contribution < -0.4 is 0 Å². The summed E-state index contributed by atoms with van der Waals surface area (Å²) in [5, 5.41) is 11.7. The summed E-state index contributed by atoms with van der Waals surface area (Å²) < 4.78 is 0. The Morgan fingerprint density at radius 1 is 1.07 bits per heavy atom. The molecule has 1 aliphatic rings. The lowest BCUT2D eigenvalue weighted by atomic mass is 10.1. The number of likely N-dealkylation sites (N-methyl/N-ethyl adjacent to an activating group) is 1. The van der Waals surface area contributed by atoms with E-state index in [0.29, 0.717) is 10.1 Å². The molecule has 1 amide bonds. The number of hydrogen-bond acceptors (Lipinski definition) is 5. The van der Waals surface area contributed by atoms with Crippen molar-refractivity contribution in [2.45, 2.75) is 0 Å². The van der Waals surface area contributed by atoms with Gasteiger partial charge in [-0.25, -0.2) is 9.79 Å². The first kappa shape index (κ1) is 19.2. The fourth-order valence-corrected chi connectivity index (χ4v) is 4.68. The van der Waals surface area contributed by atoms with Crippen molar-refractivity contribution in [2.24, 2.45) is 4.99 Å². The van der Waals surface area contributed by atoms with Gasteiger partial charge >= 0.3 is 5.97 Å². The lowest BCUT2D eigenvalue weighted by Gasteiger charge is -2.06. The Balaban J connectivity index is 1.56. The van der Waals surface area contributed by atoms with Crippen molar-refractivity contribution >= 4 is 51.9 Å². The van der Waals surface area contributed by atoms with E-state index >= 15 is 0 Å². The van der Waals surface area contributed by atoms with Crippen LogP contribution in [0.3, 0.4) is 0 Å². The number of thioether (sulfide) groups is 1. The number of aliphatic imine (C=N–C) groups is 1.